The molecular formula is C29H33F3N6O3Se. The molecule has 2 fully saturated rings. The van der Waals surface area contributed by atoms with Crippen LogP contribution in [0.2, 0.25) is 0 Å². The molecule has 42 heavy (non-hydrogen) atoms. The number of carbonyl (C=O) groups is 1. The summed E-state index contributed by atoms with van der Waals surface area (Å²) >= 11 is -1.85. The molecule has 0 saturated carbocycles. The second kappa shape index (κ2) is 12.8. The van der Waals surface area contributed by atoms with E-state index in [0.717, 1.165) is 25.7 Å². The Kier molecular flexibility index (Phi) is 9.18. The van der Waals surface area contributed by atoms with Crippen molar-refractivity contribution >= 4 is 42.3 Å². The number of amides is 1. The molecule has 0 unspecified atom stereocenters. The number of aliphatic hydroxyl groups excluding tert-OH is 1. The summed E-state index contributed by atoms with van der Waals surface area (Å²) in [5.74, 6) is 6.60. The zero-order valence-corrected chi connectivity index (χ0v) is 25.0. The minimum absolute atomic E-state index is 0.0804. The molecule has 2 saturated heterocycles. The average Bonchev–Trinajstić information content (AvgIpc) is 3.45. The normalized spacial score (nSPS) is 20.2. The zero-order valence-electron chi connectivity index (χ0n) is 23.3. The average molecular weight is 650 g/mol. The number of fused-ring (bicyclic) bond motifs is 3. The van der Waals surface area contributed by atoms with Crippen LogP contribution in [0.4, 0.5) is 24.7 Å². The number of anilines is 2. The van der Waals surface area contributed by atoms with E-state index in [1.165, 1.54) is 18.7 Å². The second-order valence-corrected chi connectivity index (χ2v) is 12.4. The van der Waals surface area contributed by atoms with Gasteiger partial charge in [-0.15, -0.1) is 0 Å². The Bertz CT molecular complexity index is 1500. The van der Waals surface area contributed by atoms with Crippen molar-refractivity contribution in [2.24, 2.45) is 0 Å². The number of hydrogen-bond donors (Lipinski definition) is 4. The molecule has 5 rings (SSSR count). The van der Waals surface area contributed by atoms with Gasteiger partial charge in [0.15, 0.2) is 0 Å². The molecule has 2 aliphatic rings. The number of alkyl halides is 3. The van der Waals surface area contributed by atoms with Gasteiger partial charge in [-0.05, 0) is 0 Å². The van der Waals surface area contributed by atoms with Crippen molar-refractivity contribution in [2.45, 2.75) is 48.9 Å². The first-order valence-corrected chi connectivity index (χ1v) is 15.5. The van der Waals surface area contributed by atoms with Crippen molar-refractivity contribution in [2.75, 3.05) is 44.5 Å². The van der Waals surface area contributed by atoms with Crippen LogP contribution in [0, 0.1) is 11.8 Å². The summed E-state index contributed by atoms with van der Waals surface area (Å²) in [6.07, 6.45) is 4.05. The number of pyridine rings is 1. The van der Waals surface area contributed by atoms with Gasteiger partial charge in [-0.2, -0.15) is 0 Å². The van der Waals surface area contributed by atoms with Crippen LogP contribution in [0.3, 0.4) is 0 Å². The minimum atomic E-state index is -4.38. The number of ether oxygens (including phenoxy) is 1. The third-order valence-corrected chi connectivity index (χ3v) is 9.51. The number of nitrogens with one attached hydrogen (secondary N) is 3. The fourth-order valence-electron chi connectivity index (χ4n) is 5.95. The van der Waals surface area contributed by atoms with Crippen LogP contribution in [-0.2, 0) is 0 Å². The van der Waals surface area contributed by atoms with E-state index < -0.39 is 20.0 Å². The first kappa shape index (κ1) is 30.0. The summed E-state index contributed by atoms with van der Waals surface area (Å²) in [6.45, 7) is 0.810. The standard InChI is InChI=1S/C29H33F3N6O3Se/c1-33-28(40)18-8-13-25(41-2)22(17-18)34-14-4-5-21-27(42-29(30,31)32)24-6-3-7-26(38(24)36-21)35-20-11-9-19-10-12-23(20)37(19)15-16-39/h3,6-8,13,17,19-20,23,34-35,39H,9-12,14-16H2,1-2H3,(H,33,40)/t19-,20-,23-/m1/s1. The first-order chi connectivity index (χ1) is 20.2. The van der Waals surface area contributed by atoms with E-state index in [2.05, 4.69) is 37.8 Å². The van der Waals surface area contributed by atoms with Crippen LogP contribution in [0.15, 0.2) is 36.4 Å². The Labute approximate surface area is 248 Å². The molecule has 9 nitrogen and oxygen atoms in total. The predicted octanol–water partition coefficient (Wildman–Crippen LogP) is 2.42. The van der Waals surface area contributed by atoms with Gasteiger partial charge >= 0.3 is 249 Å². The topological polar surface area (TPSA) is 103 Å². The van der Waals surface area contributed by atoms with Crippen molar-refractivity contribution in [3.8, 4) is 17.6 Å². The van der Waals surface area contributed by atoms with E-state index in [4.69, 9.17) is 4.74 Å². The van der Waals surface area contributed by atoms with Crippen molar-refractivity contribution in [3.63, 3.8) is 0 Å². The zero-order chi connectivity index (χ0) is 29.9. The maximum absolute atomic E-state index is 13.7. The number of aromatic nitrogens is 2. The van der Waals surface area contributed by atoms with Gasteiger partial charge in [0.2, 0.25) is 0 Å². The molecule has 4 heterocycles. The summed E-state index contributed by atoms with van der Waals surface area (Å²) in [4.78, 5) is 14.4. The van der Waals surface area contributed by atoms with Gasteiger partial charge in [0, 0.05) is 0 Å². The summed E-state index contributed by atoms with van der Waals surface area (Å²) < 4.78 is 48.0. The van der Waals surface area contributed by atoms with E-state index in [0.29, 0.717) is 40.9 Å². The molecule has 2 aromatic heterocycles. The molecule has 3 aromatic rings. The van der Waals surface area contributed by atoms with E-state index in [9.17, 15) is 23.1 Å². The SMILES string of the molecule is CNC(=O)c1ccc(OC)c(NCC#Cc2nn3c(N[C@@H]4CC[C@@H]5CC[C@H]4N5CCO)cccc3c2[Se]C(F)(F)F)c1. The van der Waals surface area contributed by atoms with Gasteiger partial charge in [0.25, 0.3) is 0 Å². The molecule has 2 aliphatic heterocycles. The third-order valence-electron chi connectivity index (χ3n) is 7.75. The van der Waals surface area contributed by atoms with Crippen LogP contribution < -0.4 is 25.1 Å². The quantitative estimate of drug-likeness (QED) is 0.209. The molecule has 2 bridgehead atoms. The Morgan fingerprint density at radius 1 is 1.21 bits per heavy atom. The number of aliphatic hydroxyl groups is 1. The van der Waals surface area contributed by atoms with Gasteiger partial charge in [-0.1, -0.05) is 0 Å². The van der Waals surface area contributed by atoms with Gasteiger partial charge in [0.1, 0.15) is 0 Å². The van der Waals surface area contributed by atoms with Crippen LogP contribution in [0.5, 0.6) is 5.75 Å². The Morgan fingerprint density at radius 3 is 2.76 bits per heavy atom. The predicted molar refractivity (Wildman–Crippen MR) is 156 cm³/mol. The van der Waals surface area contributed by atoms with E-state index in [1.54, 1.807) is 30.3 Å². The summed E-state index contributed by atoms with van der Waals surface area (Å²) in [5.41, 5.74) is 1.42. The number of methoxy groups -OCH3 is 1. The molecule has 13 heteroatoms. The Morgan fingerprint density at radius 2 is 2.02 bits per heavy atom. The van der Waals surface area contributed by atoms with Gasteiger partial charge < -0.3 is 0 Å². The second-order valence-electron chi connectivity index (χ2n) is 10.2. The monoisotopic (exact) mass is 650 g/mol. The van der Waals surface area contributed by atoms with Gasteiger partial charge in [0.05, 0.1) is 0 Å². The maximum atomic E-state index is 13.7. The summed E-state index contributed by atoms with van der Waals surface area (Å²) in [7, 11) is 3.04. The molecule has 1 aromatic carbocycles. The molecule has 0 spiro atoms. The fourth-order valence-corrected chi connectivity index (χ4v) is 7.37. The first-order valence-electron chi connectivity index (χ1n) is 13.8. The van der Waals surface area contributed by atoms with Crippen LogP contribution in [0.1, 0.15) is 41.7 Å². The number of piperidine rings is 1. The molecule has 1 amide bonds. The van der Waals surface area contributed by atoms with Gasteiger partial charge in [-0.3, -0.25) is 0 Å². The van der Waals surface area contributed by atoms with Crippen LogP contribution >= 0.6 is 0 Å². The van der Waals surface area contributed by atoms with Crippen LogP contribution in [0.25, 0.3) is 5.52 Å². The fraction of sp³-hybridized carbons (Fsp3) is 0.448. The number of hydrogen-bond acceptors (Lipinski definition) is 7. The molecule has 0 radical (unpaired) electrons. The molecule has 3 atom stereocenters. The summed E-state index contributed by atoms with van der Waals surface area (Å²) in [6, 6.07) is 10.9. The Hall–Kier alpha value is -3.43. The number of carbonyl (C=O) groups excluding carboxylic acids is 1. The van der Waals surface area contributed by atoms with Crippen LogP contribution in [-0.4, -0.2) is 97.5 Å². The van der Waals surface area contributed by atoms with Gasteiger partial charge in [-0.25, -0.2) is 0 Å². The summed E-state index contributed by atoms with van der Waals surface area (Å²) in [5, 5.41) is 18.9. The van der Waals surface area contributed by atoms with Crippen molar-refractivity contribution in [3.05, 3.63) is 47.7 Å². The van der Waals surface area contributed by atoms with Crippen molar-refractivity contribution < 1.29 is 27.8 Å². The number of rotatable bonds is 9. The van der Waals surface area contributed by atoms with Crippen molar-refractivity contribution in [1.29, 1.82) is 0 Å². The molecule has 0 aliphatic carbocycles. The molecule has 4 N–H and O–H groups in total. The van der Waals surface area contributed by atoms with E-state index in [-0.39, 0.29) is 41.3 Å². The molecule has 224 valence electrons. The Balaban J connectivity index is 1.41. The number of halogens is 3. The van der Waals surface area contributed by atoms with Crippen molar-refractivity contribution in [1.82, 2.24) is 19.8 Å². The number of benzene rings is 1. The third kappa shape index (κ3) is 6.47. The van der Waals surface area contributed by atoms with E-state index >= 15 is 0 Å². The number of nitrogens with zero attached hydrogens (tertiary/aromatic N) is 3. The van der Waals surface area contributed by atoms with E-state index in [1.807, 2.05) is 6.07 Å². The molecular weight excluding hydrogens is 616 g/mol.